The van der Waals surface area contributed by atoms with E-state index < -0.39 is 0 Å². The maximum Gasteiger partial charge on any atom is 0.322 e. The Labute approximate surface area is 163 Å². The van der Waals surface area contributed by atoms with Crippen molar-refractivity contribution in [2.75, 3.05) is 31.2 Å². The van der Waals surface area contributed by atoms with E-state index in [-0.39, 0.29) is 23.9 Å². The number of amides is 3. The normalized spacial score (nSPS) is 21.8. The first kappa shape index (κ1) is 18.5. The van der Waals surface area contributed by atoms with Crippen molar-refractivity contribution in [2.45, 2.75) is 26.3 Å². The third kappa shape index (κ3) is 3.73. The average molecular weight is 384 g/mol. The number of hydrogen-bond acceptors (Lipinski definition) is 5. The van der Waals surface area contributed by atoms with Gasteiger partial charge in [0.05, 0.1) is 24.9 Å². The van der Waals surface area contributed by atoms with Crippen LogP contribution >= 0.6 is 0 Å². The summed E-state index contributed by atoms with van der Waals surface area (Å²) in [6.45, 7) is 6.06. The third-order valence-electron chi connectivity index (χ3n) is 5.27. The molecule has 2 N–H and O–H groups in total. The SMILES string of the molecule is Cc1cc(CC2COCC2NC(=O)c2ccc(C)c(N3CCNC3=O)c2)on1. The van der Waals surface area contributed by atoms with Crippen LogP contribution in [0, 0.1) is 19.8 Å². The predicted molar refractivity (Wildman–Crippen MR) is 102 cm³/mol. The highest BCUT2D eigenvalue weighted by Crippen LogP contribution is 2.24. The van der Waals surface area contributed by atoms with Crippen molar-refractivity contribution in [1.29, 1.82) is 0 Å². The molecule has 4 rings (SSSR count). The number of urea groups is 1. The molecular formula is C20H24N4O4. The molecule has 2 aromatic rings. The fraction of sp³-hybridized carbons (Fsp3) is 0.450. The molecule has 3 heterocycles. The largest absolute Gasteiger partial charge is 0.379 e. The first-order valence-electron chi connectivity index (χ1n) is 9.48. The maximum absolute atomic E-state index is 12.8. The van der Waals surface area contributed by atoms with Crippen molar-refractivity contribution in [3.8, 4) is 0 Å². The van der Waals surface area contributed by atoms with E-state index in [9.17, 15) is 9.59 Å². The van der Waals surface area contributed by atoms with Gasteiger partial charge in [-0.3, -0.25) is 9.69 Å². The summed E-state index contributed by atoms with van der Waals surface area (Å²) in [7, 11) is 0. The first-order chi connectivity index (χ1) is 13.5. The topological polar surface area (TPSA) is 96.7 Å². The molecule has 8 nitrogen and oxygen atoms in total. The van der Waals surface area contributed by atoms with E-state index in [2.05, 4.69) is 15.8 Å². The molecule has 3 amide bonds. The highest BCUT2D eigenvalue weighted by molar-refractivity contribution is 5.99. The number of carbonyl (C=O) groups excluding carboxylic acids is 2. The van der Waals surface area contributed by atoms with Gasteiger partial charge in [-0.2, -0.15) is 0 Å². The first-order valence-corrected chi connectivity index (χ1v) is 9.48. The van der Waals surface area contributed by atoms with Crippen molar-refractivity contribution in [3.63, 3.8) is 0 Å². The zero-order valence-corrected chi connectivity index (χ0v) is 16.0. The van der Waals surface area contributed by atoms with E-state index in [1.165, 1.54) is 0 Å². The number of hydrogen-bond donors (Lipinski definition) is 2. The van der Waals surface area contributed by atoms with Gasteiger partial charge < -0.3 is 19.9 Å². The number of anilines is 1. The van der Waals surface area contributed by atoms with Crippen LogP contribution in [0.25, 0.3) is 0 Å². The van der Waals surface area contributed by atoms with Crippen molar-refractivity contribution in [3.05, 3.63) is 46.8 Å². The monoisotopic (exact) mass is 384 g/mol. The van der Waals surface area contributed by atoms with E-state index in [1.54, 1.807) is 17.0 Å². The number of rotatable bonds is 5. The molecule has 148 valence electrons. The van der Waals surface area contributed by atoms with Crippen LogP contribution in [0.5, 0.6) is 0 Å². The Morgan fingerprint density at radius 2 is 2.18 bits per heavy atom. The number of carbonyl (C=O) groups is 2. The molecule has 2 aliphatic rings. The van der Waals surface area contributed by atoms with Crippen molar-refractivity contribution in [1.82, 2.24) is 15.8 Å². The molecule has 1 aromatic carbocycles. The fourth-order valence-corrected chi connectivity index (χ4v) is 3.72. The Bertz CT molecular complexity index is 894. The van der Waals surface area contributed by atoms with E-state index in [4.69, 9.17) is 9.26 Å². The number of ether oxygens (including phenoxy) is 1. The molecule has 0 radical (unpaired) electrons. The number of nitrogens with zero attached hydrogens (tertiary/aromatic N) is 2. The second kappa shape index (κ2) is 7.63. The molecule has 1 aromatic heterocycles. The Morgan fingerprint density at radius 3 is 2.89 bits per heavy atom. The number of aromatic nitrogens is 1. The second-order valence-corrected chi connectivity index (χ2v) is 7.40. The molecule has 2 fully saturated rings. The smallest absolute Gasteiger partial charge is 0.322 e. The van der Waals surface area contributed by atoms with Gasteiger partial charge in [0.1, 0.15) is 5.76 Å². The molecule has 8 heteroatoms. The molecule has 2 aliphatic heterocycles. The third-order valence-corrected chi connectivity index (χ3v) is 5.27. The van der Waals surface area contributed by atoms with Gasteiger partial charge in [-0.15, -0.1) is 0 Å². The molecule has 2 unspecified atom stereocenters. The number of nitrogens with one attached hydrogen (secondary N) is 2. The van der Waals surface area contributed by atoms with Crippen LogP contribution in [0.3, 0.4) is 0 Å². The zero-order valence-electron chi connectivity index (χ0n) is 16.0. The molecule has 2 saturated heterocycles. The predicted octanol–water partition coefficient (Wildman–Crippen LogP) is 1.81. The lowest BCUT2D eigenvalue weighted by molar-refractivity contribution is 0.0924. The highest BCUT2D eigenvalue weighted by Gasteiger charge is 2.31. The fourth-order valence-electron chi connectivity index (χ4n) is 3.72. The Balaban J connectivity index is 1.46. The lowest BCUT2D eigenvalue weighted by Crippen LogP contribution is -2.40. The van der Waals surface area contributed by atoms with Crippen LogP contribution in [0.2, 0.25) is 0 Å². The van der Waals surface area contributed by atoms with Crippen molar-refractivity contribution < 1.29 is 18.8 Å². The summed E-state index contributed by atoms with van der Waals surface area (Å²) in [4.78, 5) is 26.5. The van der Waals surface area contributed by atoms with E-state index in [1.807, 2.05) is 26.0 Å². The Kier molecular flexibility index (Phi) is 5.04. The molecule has 2 atom stereocenters. The lowest BCUT2D eigenvalue weighted by atomic mass is 9.97. The Morgan fingerprint density at radius 1 is 1.32 bits per heavy atom. The molecule has 28 heavy (non-hydrogen) atoms. The molecule has 0 bridgehead atoms. The van der Waals surface area contributed by atoms with Gasteiger partial charge in [0.15, 0.2) is 0 Å². The summed E-state index contributed by atoms with van der Waals surface area (Å²) >= 11 is 0. The standard InChI is InChI=1S/C20H24N4O4/c1-12-3-4-14(9-18(12)24-6-5-21-20(24)26)19(25)22-17-11-27-10-15(17)8-16-7-13(2)23-28-16/h3-4,7,9,15,17H,5-6,8,10-11H2,1-2H3,(H,21,26)(H,22,25). The van der Waals surface area contributed by atoms with Crippen molar-refractivity contribution in [2.24, 2.45) is 5.92 Å². The van der Waals surface area contributed by atoms with Crippen LogP contribution in [-0.2, 0) is 11.2 Å². The molecule has 0 saturated carbocycles. The van der Waals surface area contributed by atoms with Crippen molar-refractivity contribution >= 4 is 17.6 Å². The van der Waals surface area contributed by atoms with E-state index in [0.717, 1.165) is 22.7 Å². The van der Waals surface area contributed by atoms with Crippen LogP contribution in [-0.4, -0.2) is 49.4 Å². The number of benzene rings is 1. The highest BCUT2D eigenvalue weighted by atomic mass is 16.5. The van der Waals surface area contributed by atoms with Crippen LogP contribution in [0.4, 0.5) is 10.5 Å². The summed E-state index contributed by atoms with van der Waals surface area (Å²) in [5.74, 6) is 0.755. The maximum atomic E-state index is 12.8. The number of aryl methyl sites for hydroxylation is 2. The summed E-state index contributed by atoms with van der Waals surface area (Å²) in [5, 5.41) is 9.78. The van der Waals surface area contributed by atoms with Crippen LogP contribution in [0.15, 0.2) is 28.8 Å². The minimum atomic E-state index is -0.171. The zero-order chi connectivity index (χ0) is 19.7. The summed E-state index contributed by atoms with van der Waals surface area (Å²) < 4.78 is 10.9. The summed E-state index contributed by atoms with van der Waals surface area (Å²) in [5.41, 5.74) is 3.09. The van der Waals surface area contributed by atoms with Gasteiger partial charge in [-0.05, 0) is 31.5 Å². The van der Waals surface area contributed by atoms with Crippen LogP contribution in [0.1, 0.15) is 27.4 Å². The lowest BCUT2D eigenvalue weighted by Gasteiger charge is -2.20. The molecular weight excluding hydrogens is 360 g/mol. The van der Waals surface area contributed by atoms with Gasteiger partial charge in [-0.25, -0.2) is 4.79 Å². The quantitative estimate of drug-likeness (QED) is 0.820. The van der Waals surface area contributed by atoms with Gasteiger partial charge in [-0.1, -0.05) is 11.2 Å². The molecule has 0 aliphatic carbocycles. The average Bonchev–Trinajstić information content (AvgIpc) is 3.39. The van der Waals surface area contributed by atoms with Gasteiger partial charge in [0.2, 0.25) is 0 Å². The summed E-state index contributed by atoms with van der Waals surface area (Å²) in [6.07, 6.45) is 0.666. The minimum Gasteiger partial charge on any atom is -0.379 e. The van der Waals surface area contributed by atoms with Crippen LogP contribution < -0.4 is 15.5 Å². The molecule has 0 spiro atoms. The van der Waals surface area contributed by atoms with Gasteiger partial charge >= 0.3 is 6.03 Å². The minimum absolute atomic E-state index is 0.0993. The van der Waals surface area contributed by atoms with E-state index >= 15 is 0 Å². The van der Waals surface area contributed by atoms with Gasteiger partial charge in [0.25, 0.3) is 5.91 Å². The summed E-state index contributed by atoms with van der Waals surface area (Å²) in [6, 6.07) is 7.11. The second-order valence-electron chi connectivity index (χ2n) is 7.40. The Hall–Kier alpha value is -2.87. The van der Waals surface area contributed by atoms with Gasteiger partial charge in [0, 0.05) is 42.7 Å². The van der Waals surface area contributed by atoms with E-state index in [0.29, 0.717) is 38.3 Å².